The molecular weight excluding hydrogens is 238 g/mol. The maximum absolute atomic E-state index is 11.9. The monoisotopic (exact) mass is 257 g/mol. The molecule has 100 valence electrons. The van der Waals surface area contributed by atoms with E-state index < -0.39 is 0 Å². The molecule has 1 amide bonds. The van der Waals surface area contributed by atoms with Crippen molar-refractivity contribution < 1.29 is 4.79 Å². The van der Waals surface area contributed by atoms with E-state index in [0.29, 0.717) is 5.82 Å². The Kier molecular flexibility index (Phi) is 4.72. The standard InChI is InChI=1S/C15H19N3O/c1-12(15(19)18-14-10-16-11-17-14)6-5-9-13-7-3-2-4-8-13/h2-4,7-8,10-12H,5-6,9H2,1H3,(H,16,17)(H,18,19). The molecule has 2 N–H and O–H groups in total. The van der Waals surface area contributed by atoms with Gasteiger partial charge in [-0.3, -0.25) is 4.79 Å². The third-order valence-corrected chi connectivity index (χ3v) is 3.15. The Morgan fingerprint density at radius 2 is 2.16 bits per heavy atom. The van der Waals surface area contributed by atoms with Crippen LogP contribution in [-0.4, -0.2) is 15.9 Å². The summed E-state index contributed by atoms with van der Waals surface area (Å²) in [4.78, 5) is 18.6. The van der Waals surface area contributed by atoms with Gasteiger partial charge in [0.1, 0.15) is 5.82 Å². The topological polar surface area (TPSA) is 57.8 Å². The number of aromatic nitrogens is 2. The molecule has 19 heavy (non-hydrogen) atoms. The predicted molar refractivity (Wildman–Crippen MR) is 75.8 cm³/mol. The van der Waals surface area contributed by atoms with E-state index in [1.807, 2.05) is 25.1 Å². The Morgan fingerprint density at radius 3 is 2.84 bits per heavy atom. The second-order valence-electron chi connectivity index (χ2n) is 4.73. The van der Waals surface area contributed by atoms with Gasteiger partial charge in [0.15, 0.2) is 0 Å². The van der Waals surface area contributed by atoms with E-state index in [2.05, 4.69) is 27.4 Å². The molecular formula is C15H19N3O. The average molecular weight is 257 g/mol. The molecule has 2 rings (SSSR count). The lowest BCUT2D eigenvalue weighted by molar-refractivity contribution is -0.119. The lowest BCUT2D eigenvalue weighted by Crippen LogP contribution is -2.20. The molecule has 0 saturated heterocycles. The second-order valence-corrected chi connectivity index (χ2v) is 4.73. The van der Waals surface area contributed by atoms with Gasteiger partial charge in [0.05, 0.1) is 12.5 Å². The van der Waals surface area contributed by atoms with E-state index in [4.69, 9.17) is 0 Å². The number of anilines is 1. The lowest BCUT2D eigenvalue weighted by Gasteiger charge is -2.10. The molecule has 0 fully saturated rings. The predicted octanol–water partition coefficient (Wildman–Crippen LogP) is 3.01. The Morgan fingerprint density at radius 1 is 1.37 bits per heavy atom. The van der Waals surface area contributed by atoms with Crippen molar-refractivity contribution in [3.05, 3.63) is 48.4 Å². The number of imidazole rings is 1. The van der Waals surface area contributed by atoms with Crippen molar-refractivity contribution in [2.45, 2.75) is 26.2 Å². The highest BCUT2D eigenvalue weighted by atomic mass is 16.1. The normalized spacial score (nSPS) is 12.1. The van der Waals surface area contributed by atoms with Crippen LogP contribution >= 0.6 is 0 Å². The molecule has 0 saturated carbocycles. The van der Waals surface area contributed by atoms with Gasteiger partial charge < -0.3 is 10.3 Å². The first-order valence-corrected chi connectivity index (χ1v) is 6.59. The molecule has 2 aromatic rings. The van der Waals surface area contributed by atoms with Crippen molar-refractivity contribution >= 4 is 11.7 Å². The highest BCUT2D eigenvalue weighted by Crippen LogP contribution is 2.12. The van der Waals surface area contributed by atoms with Crippen molar-refractivity contribution in [3.63, 3.8) is 0 Å². The summed E-state index contributed by atoms with van der Waals surface area (Å²) in [6.07, 6.45) is 6.07. The molecule has 0 aliphatic heterocycles. The first kappa shape index (κ1) is 13.3. The third-order valence-electron chi connectivity index (χ3n) is 3.15. The number of carbonyl (C=O) groups excluding carboxylic acids is 1. The smallest absolute Gasteiger partial charge is 0.228 e. The van der Waals surface area contributed by atoms with E-state index in [1.165, 1.54) is 5.56 Å². The molecule has 1 heterocycles. The van der Waals surface area contributed by atoms with E-state index in [1.54, 1.807) is 12.5 Å². The minimum absolute atomic E-state index is 0.00649. The van der Waals surface area contributed by atoms with Gasteiger partial charge in [0.2, 0.25) is 5.91 Å². The molecule has 0 aliphatic rings. The summed E-state index contributed by atoms with van der Waals surface area (Å²) in [7, 11) is 0. The Labute approximate surface area is 113 Å². The van der Waals surface area contributed by atoms with Crippen LogP contribution in [0.3, 0.4) is 0 Å². The van der Waals surface area contributed by atoms with Crippen LogP contribution in [0.15, 0.2) is 42.9 Å². The van der Waals surface area contributed by atoms with Crippen LogP contribution in [0, 0.1) is 5.92 Å². The van der Waals surface area contributed by atoms with E-state index in [0.717, 1.165) is 19.3 Å². The number of nitrogens with zero attached hydrogens (tertiary/aromatic N) is 1. The number of H-pyrrole nitrogens is 1. The number of aryl methyl sites for hydroxylation is 1. The number of carbonyl (C=O) groups is 1. The van der Waals surface area contributed by atoms with E-state index in [-0.39, 0.29) is 11.8 Å². The van der Waals surface area contributed by atoms with Crippen molar-refractivity contribution in [1.82, 2.24) is 9.97 Å². The molecule has 0 aliphatic carbocycles. The maximum atomic E-state index is 11.9. The summed E-state index contributed by atoms with van der Waals surface area (Å²) < 4.78 is 0. The molecule has 0 spiro atoms. The van der Waals surface area contributed by atoms with Gasteiger partial charge in [-0.2, -0.15) is 0 Å². The fourth-order valence-corrected chi connectivity index (χ4v) is 1.97. The zero-order valence-corrected chi connectivity index (χ0v) is 11.1. The van der Waals surface area contributed by atoms with Gasteiger partial charge in [0.25, 0.3) is 0 Å². The number of hydrogen-bond acceptors (Lipinski definition) is 2. The fraction of sp³-hybridized carbons (Fsp3) is 0.333. The summed E-state index contributed by atoms with van der Waals surface area (Å²) >= 11 is 0. The van der Waals surface area contributed by atoms with Crippen molar-refractivity contribution in [2.75, 3.05) is 5.32 Å². The molecule has 1 unspecified atom stereocenters. The van der Waals surface area contributed by atoms with Crippen LogP contribution in [-0.2, 0) is 11.2 Å². The first-order valence-electron chi connectivity index (χ1n) is 6.59. The number of hydrogen-bond donors (Lipinski definition) is 2. The number of nitrogens with one attached hydrogen (secondary N) is 2. The van der Waals surface area contributed by atoms with Crippen LogP contribution in [0.2, 0.25) is 0 Å². The number of aromatic amines is 1. The SMILES string of the molecule is CC(CCCc1ccccc1)C(=O)Nc1cnc[nH]1. The lowest BCUT2D eigenvalue weighted by atomic mass is 10.0. The van der Waals surface area contributed by atoms with E-state index in [9.17, 15) is 4.79 Å². The summed E-state index contributed by atoms with van der Waals surface area (Å²) in [5.41, 5.74) is 1.32. The molecule has 1 aromatic heterocycles. The quantitative estimate of drug-likeness (QED) is 0.835. The van der Waals surface area contributed by atoms with Gasteiger partial charge in [-0.25, -0.2) is 4.98 Å². The van der Waals surface area contributed by atoms with E-state index >= 15 is 0 Å². The number of benzene rings is 1. The maximum Gasteiger partial charge on any atom is 0.228 e. The summed E-state index contributed by atoms with van der Waals surface area (Å²) in [5.74, 6) is 0.698. The molecule has 4 nitrogen and oxygen atoms in total. The van der Waals surface area contributed by atoms with Crippen molar-refractivity contribution in [1.29, 1.82) is 0 Å². The summed E-state index contributed by atoms with van der Waals surface area (Å²) in [6.45, 7) is 1.96. The molecule has 1 atom stereocenters. The van der Waals surface area contributed by atoms with Crippen molar-refractivity contribution in [3.8, 4) is 0 Å². The van der Waals surface area contributed by atoms with Crippen LogP contribution in [0.5, 0.6) is 0 Å². The number of rotatable bonds is 6. The third kappa shape index (κ3) is 4.25. The van der Waals surface area contributed by atoms with Crippen LogP contribution in [0.25, 0.3) is 0 Å². The van der Waals surface area contributed by atoms with Gasteiger partial charge in [-0.1, -0.05) is 37.3 Å². The van der Waals surface area contributed by atoms with Gasteiger partial charge in [-0.15, -0.1) is 0 Å². The largest absolute Gasteiger partial charge is 0.331 e. The highest BCUT2D eigenvalue weighted by Gasteiger charge is 2.13. The van der Waals surface area contributed by atoms with Crippen LogP contribution < -0.4 is 5.32 Å². The Balaban J connectivity index is 1.72. The highest BCUT2D eigenvalue weighted by molar-refractivity contribution is 5.91. The van der Waals surface area contributed by atoms with Crippen molar-refractivity contribution in [2.24, 2.45) is 5.92 Å². The second kappa shape index (κ2) is 6.73. The van der Waals surface area contributed by atoms with Gasteiger partial charge in [0, 0.05) is 5.92 Å². The van der Waals surface area contributed by atoms with Gasteiger partial charge >= 0.3 is 0 Å². The molecule has 1 aromatic carbocycles. The first-order chi connectivity index (χ1) is 9.25. The van der Waals surface area contributed by atoms with Crippen LogP contribution in [0.4, 0.5) is 5.82 Å². The van der Waals surface area contributed by atoms with Crippen LogP contribution in [0.1, 0.15) is 25.3 Å². The minimum atomic E-state index is 0.00649. The Hall–Kier alpha value is -2.10. The fourth-order valence-electron chi connectivity index (χ4n) is 1.97. The summed E-state index contributed by atoms with van der Waals surface area (Å²) in [6, 6.07) is 10.3. The Bertz CT molecular complexity index is 493. The zero-order chi connectivity index (χ0) is 13.5. The summed E-state index contributed by atoms with van der Waals surface area (Å²) in [5, 5.41) is 2.81. The average Bonchev–Trinajstić information content (AvgIpc) is 2.92. The molecule has 0 radical (unpaired) electrons. The number of amides is 1. The molecule has 0 bridgehead atoms. The zero-order valence-electron chi connectivity index (χ0n) is 11.1. The molecule has 4 heteroatoms. The minimum Gasteiger partial charge on any atom is -0.331 e. The van der Waals surface area contributed by atoms with Gasteiger partial charge in [-0.05, 0) is 24.8 Å².